The van der Waals surface area contributed by atoms with Crippen LogP contribution in [0.25, 0.3) is 11.4 Å². The number of hydrogen-bond donors (Lipinski definition) is 0. The van der Waals surface area contributed by atoms with Crippen molar-refractivity contribution in [2.75, 3.05) is 6.61 Å². The lowest BCUT2D eigenvalue weighted by Gasteiger charge is -2.25. The smallest absolute Gasteiger partial charge is 0.261 e. The van der Waals surface area contributed by atoms with E-state index >= 15 is 0 Å². The molecule has 0 aliphatic carbocycles. The fourth-order valence-corrected chi connectivity index (χ4v) is 3.03. The molecule has 0 fully saturated rings. The lowest BCUT2D eigenvalue weighted by molar-refractivity contribution is -0.136. The second-order valence-corrected chi connectivity index (χ2v) is 8.05. The summed E-state index contributed by atoms with van der Waals surface area (Å²) in [6.45, 7) is 8.06. The second kappa shape index (κ2) is 9.22. The van der Waals surface area contributed by atoms with E-state index in [1.54, 1.807) is 4.90 Å². The number of hydrogen-bond acceptors (Lipinski definition) is 5. The molecule has 1 heterocycles. The number of aromatic nitrogens is 2. The first-order chi connectivity index (χ1) is 13.8. The molecule has 29 heavy (non-hydrogen) atoms. The highest BCUT2D eigenvalue weighted by molar-refractivity contribution is 9.10. The van der Waals surface area contributed by atoms with E-state index in [0.29, 0.717) is 17.5 Å². The van der Waals surface area contributed by atoms with E-state index in [1.165, 1.54) is 0 Å². The molecule has 0 bridgehead atoms. The van der Waals surface area contributed by atoms with Crippen LogP contribution in [0.1, 0.15) is 30.9 Å². The van der Waals surface area contributed by atoms with E-state index in [4.69, 9.17) is 9.26 Å². The van der Waals surface area contributed by atoms with Crippen molar-refractivity contribution in [1.29, 1.82) is 0 Å². The van der Waals surface area contributed by atoms with E-state index < -0.39 is 0 Å². The molecule has 0 saturated heterocycles. The zero-order chi connectivity index (χ0) is 21.0. The molecular weight excluding hydrogens is 434 g/mol. The van der Waals surface area contributed by atoms with Gasteiger partial charge in [0, 0.05) is 16.1 Å². The minimum Gasteiger partial charge on any atom is -0.484 e. The Hall–Kier alpha value is -2.67. The van der Waals surface area contributed by atoms with Gasteiger partial charge >= 0.3 is 0 Å². The minimum absolute atomic E-state index is 0.0347. The molecule has 7 heteroatoms. The van der Waals surface area contributed by atoms with Gasteiger partial charge < -0.3 is 14.2 Å². The number of halogens is 1. The third kappa shape index (κ3) is 5.44. The lowest BCUT2D eigenvalue weighted by Crippen LogP contribution is -2.39. The van der Waals surface area contributed by atoms with Gasteiger partial charge in [-0.05, 0) is 51.5 Å². The summed E-state index contributed by atoms with van der Waals surface area (Å²) in [7, 11) is 0. The van der Waals surface area contributed by atoms with Crippen molar-refractivity contribution >= 4 is 21.8 Å². The van der Waals surface area contributed by atoms with Crippen LogP contribution in [0.5, 0.6) is 5.75 Å². The number of nitrogens with zero attached hydrogens (tertiary/aromatic N) is 3. The molecule has 1 amide bonds. The van der Waals surface area contributed by atoms with E-state index in [-0.39, 0.29) is 25.1 Å². The van der Waals surface area contributed by atoms with Crippen LogP contribution in [-0.4, -0.2) is 33.6 Å². The Morgan fingerprint density at radius 3 is 2.55 bits per heavy atom. The van der Waals surface area contributed by atoms with Gasteiger partial charge in [0.15, 0.2) is 6.61 Å². The number of carbonyl (C=O) groups is 1. The number of ether oxygens (including phenoxy) is 1. The topological polar surface area (TPSA) is 68.5 Å². The van der Waals surface area contributed by atoms with Crippen LogP contribution in [-0.2, 0) is 11.3 Å². The van der Waals surface area contributed by atoms with Gasteiger partial charge in [0.25, 0.3) is 5.91 Å². The normalized spacial score (nSPS) is 11.0. The van der Waals surface area contributed by atoms with Crippen molar-refractivity contribution < 1.29 is 14.1 Å². The summed E-state index contributed by atoms with van der Waals surface area (Å²) in [5.41, 5.74) is 3.09. The molecule has 0 atom stereocenters. The van der Waals surface area contributed by atoms with Crippen molar-refractivity contribution in [3.8, 4) is 17.1 Å². The first kappa shape index (κ1) is 21.0. The quantitative estimate of drug-likeness (QED) is 0.502. The third-order valence-electron chi connectivity index (χ3n) is 4.52. The number of amides is 1. The summed E-state index contributed by atoms with van der Waals surface area (Å²) >= 11 is 3.46. The molecule has 0 saturated carbocycles. The molecule has 0 unspecified atom stereocenters. The monoisotopic (exact) mass is 457 g/mol. The van der Waals surface area contributed by atoms with Gasteiger partial charge in [-0.3, -0.25) is 4.79 Å². The standard InChI is InChI=1S/C22H24BrN3O3/c1-14(2)26(21(27)13-28-18-9-10-19(23)16(4)11-18)12-20-24-22(25-29-20)17-7-5-15(3)6-8-17/h5-11,14H,12-13H2,1-4H3. The van der Waals surface area contributed by atoms with Crippen LogP contribution < -0.4 is 4.74 Å². The molecule has 3 rings (SSSR count). The Morgan fingerprint density at radius 2 is 1.90 bits per heavy atom. The van der Waals surface area contributed by atoms with Gasteiger partial charge in [0.1, 0.15) is 12.3 Å². The highest BCUT2D eigenvalue weighted by atomic mass is 79.9. The summed E-state index contributed by atoms with van der Waals surface area (Å²) in [6.07, 6.45) is 0. The molecule has 0 aliphatic rings. The van der Waals surface area contributed by atoms with Crippen molar-refractivity contribution in [1.82, 2.24) is 15.0 Å². The van der Waals surface area contributed by atoms with E-state index in [2.05, 4.69) is 26.1 Å². The molecule has 0 spiro atoms. The van der Waals surface area contributed by atoms with E-state index in [1.807, 2.05) is 70.2 Å². The maximum Gasteiger partial charge on any atom is 0.261 e. The first-order valence-corrected chi connectivity index (χ1v) is 10.2. The summed E-state index contributed by atoms with van der Waals surface area (Å²) < 4.78 is 12.1. The zero-order valence-corrected chi connectivity index (χ0v) is 18.6. The summed E-state index contributed by atoms with van der Waals surface area (Å²) in [6, 6.07) is 13.5. The van der Waals surface area contributed by atoms with Crippen molar-refractivity contribution in [3.05, 3.63) is 64.0 Å². The van der Waals surface area contributed by atoms with Crippen LogP contribution in [0.15, 0.2) is 51.5 Å². The number of benzene rings is 2. The maximum atomic E-state index is 12.7. The van der Waals surface area contributed by atoms with E-state index in [0.717, 1.165) is 21.2 Å². The summed E-state index contributed by atoms with van der Waals surface area (Å²) in [5.74, 6) is 1.41. The molecular formula is C22H24BrN3O3. The van der Waals surface area contributed by atoms with Crippen LogP contribution in [0.4, 0.5) is 0 Å². The molecule has 3 aromatic rings. The van der Waals surface area contributed by atoms with Gasteiger partial charge in [-0.1, -0.05) is 50.9 Å². The Bertz CT molecular complexity index is 983. The first-order valence-electron chi connectivity index (χ1n) is 9.41. The van der Waals surface area contributed by atoms with Crippen LogP contribution in [0, 0.1) is 13.8 Å². The number of carbonyl (C=O) groups excluding carboxylic acids is 1. The van der Waals surface area contributed by atoms with E-state index in [9.17, 15) is 4.79 Å². The number of rotatable bonds is 7. The largest absolute Gasteiger partial charge is 0.484 e. The average Bonchev–Trinajstić information content (AvgIpc) is 3.16. The fourth-order valence-electron chi connectivity index (χ4n) is 2.78. The molecule has 0 N–H and O–H groups in total. The molecule has 1 aromatic heterocycles. The fraction of sp³-hybridized carbons (Fsp3) is 0.318. The van der Waals surface area contributed by atoms with Gasteiger partial charge in [-0.2, -0.15) is 4.98 Å². The molecule has 152 valence electrons. The third-order valence-corrected chi connectivity index (χ3v) is 5.41. The molecule has 0 aliphatic heterocycles. The highest BCUT2D eigenvalue weighted by Crippen LogP contribution is 2.22. The predicted molar refractivity (Wildman–Crippen MR) is 115 cm³/mol. The Kier molecular flexibility index (Phi) is 6.69. The maximum absolute atomic E-state index is 12.7. The number of aryl methyl sites for hydroxylation is 2. The van der Waals surface area contributed by atoms with Crippen LogP contribution >= 0.6 is 15.9 Å². The minimum atomic E-state index is -0.143. The zero-order valence-electron chi connectivity index (χ0n) is 17.0. The van der Waals surface area contributed by atoms with Gasteiger partial charge in [-0.25, -0.2) is 0 Å². The SMILES string of the molecule is Cc1ccc(-c2noc(CN(C(=O)COc3ccc(Br)c(C)c3)C(C)C)n2)cc1. The Morgan fingerprint density at radius 1 is 1.17 bits per heavy atom. The summed E-state index contributed by atoms with van der Waals surface area (Å²) in [5, 5.41) is 4.04. The average molecular weight is 458 g/mol. The Balaban J connectivity index is 1.65. The van der Waals surface area contributed by atoms with Gasteiger partial charge in [-0.15, -0.1) is 0 Å². The van der Waals surface area contributed by atoms with Crippen LogP contribution in [0.3, 0.4) is 0 Å². The second-order valence-electron chi connectivity index (χ2n) is 7.19. The predicted octanol–water partition coefficient (Wildman–Crippen LogP) is 4.93. The van der Waals surface area contributed by atoms with Crippen LogP contribution in [0.2, 0.25) is 0 Å². The highest BCUT2D eigenvalue weighted by Gasteiger charge is 2.21. The van der Waals surface area contributed by atoms with Crippen molar-refractivity contribution in [2.24, 2.45) is 0 Å². The van der Waals surface area contributed by atoms with Gasteiger partial charge in [0.05, 0.1) is 0 Å². The Labute approximate surface area is 179 Å². The van der Waals surface area contributed by atoms with Crippen molar-refractivity contribution in [2.45, 2.75) is 40.3 Å². The summed E-state index contributed by atoms with van der Waals surface area (Å²) in [4.78, 5) is 18.8. The lowest BCUT2D eigenvalue weighted by atomic mass is 10.1. The molecule has 2 aromatic carbocycles. The molecule has 6 nitrogen and oxygen atoms in total. The van der Waals surface area contributed by atoms with Crippen molar-refractivity contribution in [3.63, 3.8) is 0 Å². The molecule has 0 radical (unpaired) electrons. The van der Waals surface area contributed by atoms with Gasteiger partial charge in [0.2, 0.25) is 11.7 Å².